The minimum Gasteiger partial charge on any atom is -0.475 e. The summed E-state index contributed by atoms with van der Waals surface area (Å²) in [6.07, 6.45) is 1.62. The number of hydrogen-bond donors (Lipinski definition) is 0. The molecule has 0 unspecified atom stereocenters. The molecule has 0 radical (unpaired) electrons. The van der Waals surface area contributed by atoms with Crippen LogP contribution in [0.3, 0.4) is 0 Å². The van der Waals surface area contributed by atoms with E-state index in [0.717, 1.165) is 12.7 Å². The molecule has 18 heavy (non-hydrogen) atoms. The van der Waals surface area contributed by atoms with Gasteiger partial charge in [0, 0.05) is 27.4 Å². The first-order valence-electron chi connectivity index (χ1n) is 5.89. The third kappa shape index (κ3) is 4.12. The molecule has 0 N–H and O–H groups in total. The van der Waals surface area contributed by atoms with Crippen LogP contribution >= 0.6 is 0 Å². The molecule has 0 aliphatic carbocycles. The van der Waals surface area contributed by atoms with Gasteiger partial charge in [0.05, 0.1) is 17.9 Å². The smallest absolute Gasteiger partial charge is 0.222 e. The van der Waals surface area contributed by atoms with Gasteiger partial charge in [-0.2, -0.15) is 5.10 Å². The van der Waals surface area contributed by atoms with Crippen LogP contribution in [0.2, 0.25) is 0 Å². The fraction of sp³-hybridized carbons (Fsp3) is 0.667. The molecular weight excluding hydrogens is 236 g/mol. The van der Waals surface area contributed by atoms with Crippen LogP contribution in [0.15, 0.2) is 0 Å². The molecular formula is C12H20N2O4. The molecule has 0 bridgehead atoms. The van der Waals surface area contributed by atoms with Gasteiger partial charge in [0.1, 0.15) is 6.61 Å². The third-order valence-electron chi connectivity index (χ3n) is 2.44. The molecule has 1 aromatic rings. The Morgan fingerprint density at radius 3 is 2.72 bits per heavy atom. The molecule has 6 heteroatoms. The van der Waals surface area contributed by atoms with Crippen LogP contribution in [-0.2, 0) is 16.5 Å². The molecule has 0 atom stereocenters. The van der Waals surface area contributed by atoms with Crippen LogP contribution in [0.4, 0.5) is 0 Å². The topological polar surface area (TPSA) is 62.6 Å². The summed E-state index contributed by atoms with van der Waals surface area (Å²) >= 11 is 0. The number of methoxy groups -OCH3 is 1. The van der Waals surface area contributed by atoms with Crippen molar-refractivity contribution in [3.63, 3.8) is 0 Å². The van der Waals surface area contributed by atoms with Gasteiger partial charge in [-0.15, -0.1) is 0 Å². The molecule has 0 amide bonds. The second kappa shape index (κ2) is 7.84. The molecule has 0 fully saturated rings. The molecule has 0 aliphatic rings. The minimum atomic E-state index is 0.396. The number of carbonyl (C=O) groups excluding carboxylic acids is 1. The lowest BCUT2D eigenvalue weighted by Crippen LogP contribution is -2.11. The number of carbonyl (C=O) groups is 1. The predicted octanol–water partition coefficient (Wildman–Crippen LogP) is 0.973. The lowest BCUT2D eigenvalue weighted by molar-refractivity contribution is 0.0780. The molecule has 0 spiro atoms. The third-order valence-corrected chi connectivity index (χ3v) is 2.44. The van der Waals surface area contributed by atoms with Crippen LogP contribution in [-0.4, -0.2) is 49.6 Å². The van der Waals surface area contributed by atoms with Gasteiger partial charge in [-0.25, -0.2) is 4.68 Å². The fourth-order valence-corrected chi connectivity index (χ4v) is 1.56. The predicted molar refractivity (Wildman–Crippen MR) is 66.1 cm³/mol. The fourth-order valence-electron chi connectivity index (χ4n) is 1.56. The first-order chi connectivity index (χ1) is 8.70. The lowest BCUT2D eigenvalue weighted by atomic mass is 10.3. The summed E-state index contributed by atoms with van der Waals surface area (Å²) in [4.78, 5) is 10.9. The molecule has 6 nitrogen and oxygen atoms in total. The summed E-state index contributed by atoms with van der Waals surface area (Å²) in [6.45, 7) is 3.98. The highest BCUT2D eigenvalue weighted by atomic mass is 16.5. The zero-order chi connectivity index (χ0) is 13.4. The van der Waals surface area contributed by atoms with Gasteiger partial charge >= 0.3 is 0 Å². The van der Waals surface area contributed by atoms with Gasteiger partial charge in [-0.1, -0.05) is 0 Å². The summed E-state index contributed by atoms with van der Waals surface area (Å²) in [6, 6.07) is 0. The molecule has 1 heterocycles. The van der Waals surface area contributed by atoms with E-state index < -0.39 is 0 Å². The molecule has 0 saturated carbocycles. The maximum Gasteiger partial charge on any atom is 0.222 e. The Balaban J connectivity index is 2.29. The SMILES string of the molecule is COCCCOCCOc1c(C=O)c(C)nn1C. The van der Waals surface area contributed by atoms with E-state index in [2.05, 4.69) is 5.10 Å². The number of nitrogens with zero attached hydrogens (tertiary/aromatic N) is 2. The Kier molecular flexibility index (Phi) is 6.38. The second-order valence-corrected chi connectivity index (χ2v) is 3.85. The molecule has 1 aromatic heterocycles. The van der Waals surface area contributed by atoms with Crippen molar-refractivity contribution in [3.8, 4) is 5.88 Å². The molecule has 102 valence electrons. The van der Waals surface area contributed by atoms with Crippen molar-refractivity contribution in [2.24, 2.45) is 7.05 Å². The zero-order valence-electron chi connectivity index (χ0n) is 11.1. The standard InChI is InChI=1S/C12H20N2O4/c1-10-11(9-15)12(14(2)13-10)18-8-7-17-6-4-5-16-3/h9H,4-8H2,1-3H3. The molecule has 1 rings (SSSR count). The lowest BCUT2D eigenvalue weighted by Gasteiger charge is -2.07. The Hall–Kier alpha value is -1.40. The number of aromatic nitrogens is 2. The van der Waals surface area contributed by atoms with Crippen LogP contribution in [0, 0.1) is 6.92 Å². The Bertz CT molecular complexity index is 376. The van der Waals surface area contributed by atoms with Gasteiger partial charge in [0.2, 0.25) is 5.88 Å². The second-order valence-electron chi connectivity index (χ2n) is 3.85. The van der Waals surface area contributed by atoms with Crippen molar-refractivity contribution in [2.45, 2.75) is 13.3 Å². The van der Waals surface area contributed by atoms with Crippen LogP contribution < -0.4 is 4.74 Å². The summed E-state index contributed by atoms with van der Waals surface area (Å²) < 4.78 is 17.3. The Labute approximate surface area is 107 Å². The van der Waals surface area contributed by atoms with Crippen molar-refractivity contribution in [1.82, 2.24) is 9.78 Å². The van der Waals surface area contributed by atoms with Gasteiger partial charge in [-0.05, 0) is 13.3 Å². The van der Waals surface area contributed by atoms with Crippen molar-refractivity contribution in [3.05, 3.63) is 11.3 Å². The average Bonchev–Trinajstić information content (AvgIpc) is 2.62. The van der Waals surface area contributed by atoms with E-state index in [1.54, 1.807) is 25.8 Å². The molecule has 0 aliphatic heterocycles. The average molecular weight is 256 g/mol. The highest BCUT2D eigenvalue weighted by Crippen LogP contribution is 2.18. The monoisotopic (exact) mass is 256 g/mol. The van der Waals surface area contributed by atoms with E-state index in [9.17, 15) is 4.79 Å². The first-order valence-corrected chi connectivity index (χ1v) is 5.89. The van der Waals surface area contributed by atoms with Crippen molar-refractivity contribution < 1.29 is 19.0 Å². The van der Waals surface area contributed by atoms with E-state index in [0.29, 0.717) is 43.6 Å². The van der Waals surface area contributed by atoms with Gasteiger partial charge in [-0.3, -0.25) is 4.79 Å². The Morgan fingerprint density at radius 1 is 1.28 bits per heavy atom. The highest BCUT2D eigenvalue weighted by Gasteiger charge is 2.13. The van der Waals surface area contributed by atoms with Crippen molar-refractivity contribution in [2.75, 3.05) is 33.5 Å². The van der Waals surface area contributed by atoms with E-state index >= 15 is 0 Å². The van der Waals surface area contributed by atoms with Crippen molar-refractivity contribution in [1.29, 1.82) is 0 Å². The summed E-state index contributed by atoms with van der Waals surface area (Å²) in [7, 11) is 3.41. The number of rotatable bonds is 9. The summed E-state index contributed by atoms with van der Waals surface area (Å²) in [5.41, 5.74) is 1.17. The first kappa shape index (κ1) is 14.7. The Morgan fingerprint density at radius 2 is 2.06 bits per heavy atom. The van der Waals surface area contributed by atoms with Crippen LogP contribution in [0.25, 0.3) is 0 Å². The minimum absolute atomic E-state index is 0.396. The number of aryl methyl sites for hydroxylation is 2. The maximum atomic E-state index is 10.9. The summed E-state index contributed by atoms with van der Waals surface area (Å²) in [5.74, 6) is 0.489. The van der Waals surface area contributed by atoms with Gasteiger partial charge < -0.3 is 14.2 Å². The van der Waals surface area contributed by atoms with Crippen molar-refractivity contribution >= 4 is 6.29 Å². The van der Waals surface area contributed by atoms with Crippen LogP contribution in [0.5, 0.6) is 5.88 Å². The van der Waals surface area contributed by atoms with Gasteiger partial charge in [0.15, 0.2) is 6.29 Å². The largest absolute Gasteiger partial charge is 0.475 e. The highest BCUT2D eigenvalue weighted by molar-refractivity contribution is 5.79. The number of ether oxygens (including phenoxy) is 3. The van der Waals surface area contributed by atoms with E-state index in [1.165, 1.54) is 0 Å². The van der Waals surface area contributed by atoms with E-state index in [4.69, 9.17) is 14.2 Å². The van der Waals surface area contributed by atoms with Gasteiger partial charge in [0.25, 0.3) is 0 Å². The quantitative estimate of drug-likeness (QED) is 0.486. The normalized spacial score (nSPS) is 10.6. The summed E-state index contributed by atoms with van der Waals surface area (Å²) in [5, 5.41) is 4.12. The van der Waals surface area contributed by atoms with E-state index in [1.807, 2.05) is 0 Å². The number of hydrogen-bond acceptors (Lipinski definition) is 5. The molecule has 0 saturated heterocycles. The van der Waals surface area contributed by atoms with E-state index in [-0.39, 0.29) is 0 Å². The zero-order valence-corrected chi connectivity index (χ0v) is 11.1. The maximum absolute atomic E-state index is 10.9. The van der Waals surface area contributed by atoms with Crippen LogP contribution in [0.1, 0.15) is 22.5 Å². The number of aldehydes is 1. The molecule has 0 aromatic carbocycles.